The van der Waals surface area contributed by atoms with E-state index in [0.29, 0.717) is 5.56 Å². The largest absolute Gasteiger partial charge is 0.490 e. The highest BCUT2D eigenvalue weighted by Gasteiger charge is 2.23. The van der Waals surface area contributed by atoms with Gasteiger partial charge in [-0.25, -0.2) is 9.18 Å². The van der Waals surface area contributed by atoms with Gasteiger partial charge in [0.1, 0.15) is 23.3 Å². The Balaban J connectivity index is 0.000000179. The summed E-state index contributed by atoms with van der Waals surface area (Å²) in [5.41, 5.74) is 7.80. The molecular weight excluding hydrogens is 465 g/mol. The third-order valence-corrected chi connectivity index (χ3v) is 5.82. The van der Waals surface area contributed by atoms with Gasteiger partial charge in [-0.15, -0.1) is 0 Å². The van der Waals surface area contributed by atoms with Gasteiger partial charge in [0.15, 0.2) is 5.43 Å². The molecule has 36 heavy (non-hydrogen) atoms. The average Bonchev–Trinajstić information content (AvgIpc) is 3.27. The average molecular weight is 489 g/mol. The van der Waals surface area contributed by atoms with E-state index in [9.17, 15) is 18.8 Å². The highest BCUT2D eigenvalue weighted by molar-refractivity contribution is 5.93. The van der Waals surface area contributed by atoms with Crippen LogP contribution in [0.15, 0.2) is 82.0 Å². The molecule has 1 aliphatic rings. The first-order valence-corrected chi connectivity index (χ1v) is 11.4. The Labute approximate surface area is 205 Å². The maximum absolute atomic E-state index is 12.8. The van der Waals surface area contributed by atoms with Crippen LogP contribution in [-0.4, -0.2) is 23.1 Å². The second-order valence-corrected chi connectivity index (χ2v) is 8.43. The highest BCUT2D eigenvalue weighted by Crippen LogP contribution is 2.31. The SMILES string of the molecule is NC(=O)c1ccc2c(c1)CC(CCCc1ccccc1)O2.O=C(O)c1cc(=O)c2cc(F)ccc2o1. The molecule has 0 radical (unpaired) electrons. The van der Waals surface area contributed by atoms with Crippen molar-refractivity contribution in [3.05, 3.63) is 111 Å². The molecule has 5 rings (SSSR count). The molecule has 7 nitrogen and oxygen atoms in total. The maximum Gasteiger partial charge on any atom is 0.371 e. The Kier molecular flexibility index (Phi) is 7.44. The fraction of sp³-hybridized carbons (Fsp3) is 0.179. The number of halogens is 1. The summed E-state index contributed by atoms with van der Waals surface area (Å²) in [7, 11) is 0. The summed E-state index contributed by atoms with van der Waals surface area (Å²) >= 11 is 0. The zero-order chi connectivity index (χ0) is 25.7. The first-order chi connectivity index (χ1) is 17.3. The lowest BCUT2D eigenvalue weighted by atomic mass is 10.0. The molecule has 1 aliphatic heterocycles. The zero-order valence-corrected chi connectivity index (χ0v) is 19.3. The van der Waals surface area contributed by atoms with Crippen LogP contribution < -0.4 is 15.9 Å². The van der Waals surface area contributed by atoms with Gasteiger partial charge in [-0.2, -0.15) is 0 Å². The van der Waals surface area contributed by atoms with Crippen molar-refractivity contribution in [3.8, 4) is 5.75 Å². The summed E-state index contributed by atoms with van der Waals surface area (Å²) in [6, 6.07) is 20.1. The number of amides is 1. The minimum atomic E-state index is -1.33. The third kappa shape index (κ3) is 5.96. The number of nitrogens with two attached hydrogens (primary N) is 1. The summed E-state index contributed by atoms with van der Waals surface area (Å²) in [6.45, 7) is 0. The van der Waals surface area contributed by atoms with Crippen LogP contribution in [0.2, 0.25) is 0 Å². The molecule has 1 unspecified atom stereocenters. The van der Waals surface area contributed by atoms with Gasteiger partial charge in [0, 0.05) is 18.1 Å². The molecule has 2 heterocycles. The predicted molar refractivity (Wildman–Crippen MR) is 132 cm³/mol. The number of carboxylic acid groups (broad SMARTS) is 1. The Morgan fingerprint density at radius 3 is 2.53 bits per heavy atom. The summed E-state index contributed by atoms with van der Waals surface area (Å²) < 4.78 is 23.6. The molecule has 0 spiro atoms. The number of fused-ring (bicyclic) bond motifs is 2. The van der Waals surface area contributed by atoms with Crippen molar-refractivity contribution in [3.63, 3.8) is 0 Å². The monoisotopic (exact) mass is 489 g/mol. The fourth-order valence-electron chi connectivity index (χ4n) is 4.05. The lowest BCUT2D eigenvalue weighted by Gasteiger charge is -2.10. The number of carbonyl (C=O) groups excluding carboxylic acids is 1. The van der Waals surface area contributed by atoms with Crippen molar-refractivity contribution in [1.29, 1.82) is 0 Å². The van der Waals surface area contributed by atoms with E-state index in [-0.39, 0.29) is 23.0 Å². The number of benzene rings is 3. The second kappa shape index (κ2) is 10.9. The Morgan fingerprint density at radius 1 is 1.03 bits per heavy atom. The first kappa shape index (κ1) is 24.7. The number of carboxylic acids is 1. The zero-order valence-electron chi connectivity index (χ0n) is 19.3. The maximum atomic E-state index is 12.8. The summed E-state index contributed by atoms with van der Waals surface area (Å²) in [6.07, 6.45) is 4.28. The van der Waals surface area contributed by atoms with E-state index in [1.165, 1.54) is 11.6 Å². The molecule has 0 fully saturated rings. The molecule has 1 aromatic heterocycles. The lowest BCUT2D eigenvalue weighted by molar-refractivity contribution is 0.0662. The Morgan fingerprint density at radius 2 is 1.81 bits per heavy atom. The summed E-state index contributed by atoms with van der Waals surface area (Å²) in [5, 5.41) is 8.64. The van der Waals surface area contributed by atoms with Crippen LogP contribution in [0.5, 0.6) is 5.75 Å². The summed E-state index contributed by atoms with van der Waals surface area (Å²) in [4.78, 5) is 33.1. The molecule has 8 heteroatoms. The smallest absolute Gasteiger partial charge is 0.371 e. The van der Waals surface area contributed by atoms with Gasteiger partial charge in [-0.05, 0) is 66.8 Å². The van der Waals surface area contributed by atoms with E-state index < -0.39 is 23.0 Å². The van der Waals surface area contributed by atoms with E-state index in [1.807, 2.05) is 18.2 Å². The van der Waals surface area contributed by atoms with E-state index in [2.05, 4.69) is 24.3 Å². The molecule has 0 bridgehead atoms. The van der Waals surface area contributed by atoms with Crippen LogP contribution in [0.3, 0.4) is 0 Å². The molecule has 1 amide bonds. The van der Waals surface area contributed by atoms with E-state index >= 15 is 0 Å². The van der Waals surface area contributed by atoms with Crippen LogP contribution >= 0.6 is 0 Å². The number of rotatable bonds is 6. The van der Waals surface area contributed by atoms with Crippen molar-refractivity contribution in [2.45, 2.75) is 31.8 Å². The molecule has 0 saturated carbocycles. The lowest BCUT2D eigenvalue weighted by Crippen LogP contribution is -2.12. The van der Waals surface area contributed by atoms with Crippen LogP contribution in [0.25, 0.3) is 11.0 Å². The van der Waals surface area contributed by atoms with Gasteiger partial charge < -0.3 is 20.0 Å². The van der Waals surface area contributed by atoms with Crippen molar-refractivity contribution in [2.24, 2.45) is 5.73 Å². The van der Waals surface area contributed by atoms with Gasteiger partial charge in [-0.3, -0.25) is 9.59 Å². The normalized spacial score (nSPS) is 13.9. The Bertz CT molecular complexity index is 1460. The highest BCUT2D eigenvalue weighted by atomic mass is 19.1. The third-order valence-electron chi connectivity index (χ3n) is 5.82. The minimum Gasteiger partial charge on any atom is -0.490 e. The molecule has 0 aliphatic carbocycles. The quantitative estimate of drug-likeness (QED) is 0.404. The molecule has 184 valence electrons. The topological polar surface area (TPSA) is 120 Å². The van der Waals surface area contributed by atoms with Gasteiger partial charge in [-0.1, -0.05) is 30.3 Å². The fourth-order valence-corrected chi connectivity index (χ4v) is 4.05. The predicted octanol–water partition coefficient (Wildman–Crippen LogP) is 4.74. The van der Waals surface area contributed by atoms with Gasteiger partial charge in [0.05, 0.1) is 5.39 Å². The molecular formula is C28H24FNO6. The van der Waals surface area contributed by atoms with Gasteiger partial charge in [0.2, 0.25) is 11.7 Å². The molecule has 1 atom stereocenters. The Hall–Kier alpha value is -4.46. The molecule has 3 N–H and O–H groups in total. The van der Waals surface area contributed by atoms with Crippen LogP contribution in [0.1, 0.15) is 44.9 Å². The number of ether oxygens (including phenoxy) is 1. The van der Waals surface area contributed by atoms with Crippen LogP contribution in [-0.2, 0) is 12.8 Å². The van der Waals surface area contributed by atoms with Crippen molar-refractivity contribution in [1.82, 2.24) is 0 Å². The number of primary amides is 1. The number of carbonyl (C=O) groups is 2. The van der Waals surface area contributed by atoms with Gasteiger partial charge in [0.25, 0.3) is 0 Å². The number of aryl methyl sites for hydroxylation is 1. The second-order valence-electron chi connectivity index (χ2n) is 8.43. The molecule has 3 aromatic carbocycles. The van der Waals surface area contributed by atoms with Crippen molar-refractivity contribution < 1.29 is 28.2 Å². The van der Waals surface area contributed by atoms with E-state index in [1.54, 1.807) is 6.07 Å². The molecule has 4 aromatic rings. The molecule has 0 saturated heterocycles. The van der Waals surface area contributed by atoms with Gasteiger partial charge >= 0.3 is 5.97 Å². The van der Waals surface area contributed by atoms with Crippen LogP contribution in [0, 0.1) is 5.82 Å². The summed E-state index contributed by atoms with van der Waals surface area (Å²) in [5.74, 6) is -1.86. The number of hydrogen-bond acceptors (Lipinski definition) is 5. The standard InChI is InChI=1S/C18H19NO2.C10H5FO4/c19-18(20)14-9-10-17-15(11-14)12-16(21-17)8-4-7-13-5-2-1-3-6-13;11-5-1-2-8-6(3-5)7(12)4-9(15-8)10(13)14/h1-3,5-6,9-11,16H,4,7-8,12H2,(H2,19,20);1-4H,(H,13,14). The van der Waals surface area contributed by atoms with E-state index in [0.717, 1.165) is 55.2 Å². The van der Waals surface area contributed by atoms with Crippen molar-refractivity contribution >= 4 is 22.8 Å². The first-order valence-electron chi connectivity index (χ1n) is 11.4. The minimum absolute atomic E-state index is 0.0278. The number of hydrogen-bond donors (Lipinski definition) is 2. The van der Waals surface area contributed by atoms with E-state index in [4.69, 9.17) is 20.0 Å². The van der Waals surface area contributed by atoms with Crippen molar-refractivity contribution in [2.75, 3.05) is 0 Å². The number of aromatic carboxylic acids is 1. The van der Waals surface area contributed by atoms with Crippen LogP contribution in [0.4, 0.5) is 4.39 Å².